The molecule has 7 heteroatoms. The first-order valence-corrected chi connectivity index (χ1v) is 8.73. The number of carbonyl (C=O) groups is 1. The minimum absolute atomic E-state index is 0.130. The number of rotatable bonds is 4. The van der Waals surface area contributed by atoms with Gasteiger partial charge in [-0.2, -0.15) is 4.39 Å². The first-order chi connectivity index (χ1) is 14.0. The van der Waals surface area contributed by atoms with E-state index in [1.54, 1.807) is 24.3 Å². The summed E-state index contributed by atoms with van der Waals surface area (Å²) in [6.07, 6.45) is 0. The maximum absolute atomic E-state index is 13.6. The van der Waals surface area contributed by atoms with Crippen LogP contribution in [0.5, 0.6) is 0 Å². The van der Waals surface area contributed by atoms with Gasteiger partial charge < -0.3 is 5.32 Å². The maximum Gasteiger partial charge on any atom is 0.306 e. The third-order valence-electron chi connectivity index (χ3n) is 4.43. The highest BCUT2D eigenvalue weighted by Gasteiger charge is 2.18. The molecule has 4 rings (SSSR count). The van der Waals surface area contributed by atoms with Gasteiger partial charge in [-0.05, 0) is 24.3 Å². The van der Waals surface area contributed by atoms with Crippen LogP contribution in [-0.2, 0) is 0 Å². The number of amides is 1. The fourth-order valence-corrected chi connectivity index (χ4v) is 3.05. The minimum Gasteiger partial charge on any atom is -0.322 e. The number of nitro groups is 1. The first kappa shape index (κ1) is 18.2. The zero-order chi connectivity index (χ0) is 20.4. The number of nitro benzene ring substituents is 1. The molecule has 0 bridgehead atoms. The third-order valence-corrected chi connectivity index (χ3v) is 4.43. The molecular weight excluding hydrogens is 373 g/mol. The molecule has 0 atom stereocenters. The van der Waals surface area contributed by atoms with E-state index in [0.717, 1.165) is 17.7 Å². The zero-order valence-electron chi connectivity index (χ0n) is 15.0. The smallest absolute Gasteiger partial charge is 0.306 e. The van der Waals surface area contributed by atoms with E-state index in [9.17, 15) is 19.3 Å². The van der Waals surface area contributed by atoms with Crippen molar-refractivity contribution >= 4 is 28.2 Å². The van der Waals surface area contributed by atoms with Crippen LogP contribution < -0.4 is 5.32 Å². The van der Waals surface area contributed by atoms with Crippen molar-refractivity contribution in [3.05, 3.63) is 100 Å². The molecule has 1 N–H and O–H groups in total. The Labute approximate surface area is 164 Å². The Balaban J connectivity index is 1.78. The summed E-state index contributed by atoms with van der Waals surface area (Å²) in [5.41, 5.74) is 1.91. The number of halogens is 1. The second kappa shape index (κ2) is 7.47. The largest absolute Gasteiger partial charge is 0.322 e. The summed E-state index contributed by atoms with van der Waals surface area (Å²) < 4.78 is 13.6. The number of carbonyl (C=O) groups excluding carboxylic acids is 1. The topological polar surface area (TPSA) is 85.1 Å². The molecule has 0 saturated carbocycles. The summed E-state index contributed by atoms with van der Waals surface area (Å²) in [6, 6.07) is 21.5. The molecule has 29 heavy (non-hydrogen) atoms. The Hall–Kier alpha value is -4.13. The number of para-hydroxylation sites is 1. The molecule has 0 aliphatic carbocycles. The Morgan fingerprint density at radius 3 is 2.45 bits per heavy atom. The number of nitrogens with one attached hydrogen (secondary N) is 1. The predicted octanol–water partition coefficient (Wildman–Crippen LogP) is 5.20. The van der Waals surface area contributed by atoms with Crippen LogP contribution in [0, 0.1) is 15.9 Å². The molecule has 3 aromatic carbocycles. The normalized spacial score (nSPS) is 10.7. The first-order valence-electron chi connectivity index (χ1n) is 8.73. The average molecular weight is 387 g/mol. The summed E-state index contributed by atoms with van der Waals surface area (Å²) in [7, 11) is 0. The van der Waals surface area contributed by atoms with E-state index in [1.165, 1.54) is 6.07 Å². The highest BCUT2D eigenvalue weighted by atomic mass is 19.1. The molecule has 0 aliphatic heterocycles. The molecule has 0 spiro atoms. The molecule has 0 saturated heterocycles. The summed E-state index contributed by atoms with van der Waals surface area (Å²) >= 11 is 0. The molecule has 6 nitrogen and oxygen atoms in total. The number of benzene rings is 3. The van der Waals surface area contributed by atoms with Gasteiger partial charge in [0.05, 0.1) is 21.7 Å². The van der Waals surface area contributed by atoms with E-state index in [4.69, 9.17) is 0 Å². The van der Waals surface area contributed by atoms with Gasteiger partial charge in [0, 0.05) is 22.7 Å². The molecule has 0 aliphatic rings. The highest BCUT2D eigenvalue weighted by Crippen LogP contribution is 2.27. The van der Waals surface area contributed by atoms with Gasteiger partial charge in [0.25, 0.3) is 5.91 Å². The zero-order valence-corrected chi connectivity index (χ0v) is 15.0. The van der Waals surface area contributed by atoms with E-state index in [2.05, 4.69) is 10.3 Å². The molecule has 0 radical (unpaired) electrons. The van der Waals surface area contributed by atoms with Crippen LogP contribution in [0.3, 0.4) is 0 Å². The van der Waals surface area contributed by atoms with E-state index < -0.39 is 22.3 Å². The van der Waals surface area contributed by atoms with Crippen molar-refractivity contribution in [2.75, 3.05) is 5.32 Å². The van der Waals surface area contributed by atoms with Gasteiger partial charge in [-0.25, -0.2) is 4.98 Å². The van der Waals surface area contributed by atoms with Gasteiger partial charge in [0.2, 0.25) is 5.82 Å². The number of aromatic nitrogens is 1. The lowest BCUT2D eigenvalue weighted by atomic mass is 10.0. The molecule has 1 aromatic heterocycles. The molecule has 4 aromatic rings. The van der Waals surface area contributed by atoms with Gasteiger partial charge in [-0.3, -0.25) is 14.9 Å². The van der Waals surface area contributed by atoms with Gasteiger partial charge in [0.15, 0.2) is 0 Å². The van der Waals surface area contributed by atoms with E-state index in [0.29, 0.717) is 22.2 Å². The van der Waals surface area contributed by atoms with Crippen LogP contribution in [0.1, 0.15) is 10.4 Å². The van der Waals surface area contributed by atoms with Crippen molar-refractivity contribution in [2.24, 2.45) is 0 Å². The number of hydrogen-bond donors (Lipinski definition) is 1. The fraction of sp³-hybridized carbons (Fsp3) is 0. The van der Waals surface area contributed by atoms with Crippen LogP contribution >= 0.6 is 0 Å². The second-order valence-corrected chi connectivity index (χ2v) is 6.32. The molecule has 1 amide bonds. The van der Waals surface area contributed by atoms with Gasteiger partial charge in [-0.1, -0.05) is 48.5 Å². The van der Waals surface area contributed by atoms with Crippen LogP contribution in [0.25, 0.3) is 22.2 Å². The molecule has 0 unspecified atom stereocenters. The number of pyridine rings is 1. The second-order valence-electron chi connectivity index (χ2n) is 6.32. The van der Waals surface area contributed by atoms with Crippen molar-refractivity contribution in [3.8, 4) is 11.3 Å². The summed E-state index contributed by atoms with van der Waals surface area (Å²) in [5, 5.41) is 14.2. The van der Waals surface area contributed by atoms with Crippen molar-refractivity contribution in [1.82, 2.24) is 4.98 Å². The van der Waals surface area contributed by atoms with Crippen molar-refractivity contribution in [1.29, 1.82) is 0 Å². The Morgan fingerprint density at radius 1 is 0.966 bits per heavy atom. The summed E-state index contributed by atoms with van der Waals surface area (Å²) in [6.45, 7) is 0. The maximum atomic E-state index is 13.6. The van der Waals surface area contributed by atoms with Crippen molar-refractivity contribution in [2.45, 2.75) is 0 Å². The van der Waals surface area contributed by atoms with E-state index >= 15 is 0 Å². The SMILES string of the molecule is O=C(Nc1ccc(F)c([N+](=O)[O-])c1)c1cc(-c2ccccc2)nc2ccccc12. The standard InChI is InChI=1S/C22H14FN3O3/c23-18-11-10-15(12-21(18)26(28)29)24-22(27)17-13-20(14-6-2-1-3-7-14)25-19-9-5-4-8-16(17)19/h1-13H,(H,24,27). The Morgan fingerprint density at radius 2 is 1.69 bits per heavy atom. The van der Waals surface area contributed by atoms with Crippen LogP contribution in [0.4, 0.5) is 15.8 Å². The van der Waals surface area contributed by atoms with E-state index in [-0.39, 0.29) is 5.69 Å². The Bertz CT molecular complexity index is 1240. The number of hydrogen-bond acceptors (Lipinski definition) is 4. The van der Waals surface area contributed by atoms with Gasteiger partial charge in [0.1, 0.15) is 0 Å². The minimum atomic E-state index is -0.964. The third kappa shape index (κ3) is 3.66. The lowest BCUT2D eigenvalue weighted by Gasteiger charge is -2.11. The number of fused-ring (bicyclic) bond motifs is 1. The monoisotopic (exact) mass is 387 g/mol. The van der Waals surface area contributed by atoms with Crippen molar-refractivity contribution < 1.29 is 14.1 Å². The molecule has 142 valence electrons. The predicted molar refractivity (Wildman–Crippen MR) is 108 cm³/mol. The van der Waals surface area contributed by atoms with Crippen LogP contribution in [-0.4, -0.2) is 15.8 Å². The van der Waals surface area contributed by atoms with E-state index in [1.807, 2.05) is 36.4 Å². The molecular formula is C22H14FN3O3. The lowest BCUT2D eigenvalue weighted by Crippen LogP contribution is -2.13. The van der Waals surface area contributed by atoms with Crippen molar-refractivity contribution in [3.63, 3.8) is 0 Å². The van der Waals surface area contributed by atoms with Gasteiger partial charge in [-0.15, -0.1) is 0 Å². The van der Waals surface area contributed by atoms with Crippen LogP contribution in [0.15, 0.2) is 78.9 Å². The van der Waals surface area contributed by atoms with Gasteiger partial charge >= 0.3 is 5.69 Å². The number of anilines is 1. The lowest BCUT2D eigenvalue weighted by molar-refractivity contribution is -0.387. The fourth-order valence-electron chi connectivity index (χ4n) is 3.05. The summed E-state index contributed by atoms with van der Waals surface area (Å²) in [4.78, 5) is 27.7. The van der Waals surface area contributed by atoms with Crippen LogP contribution in [0.2, 0.25) is 0 Å². The average Bonchev–Trinajstić information content (AvgIpc) is 2.74. The Kier molecular flexibility index (Phi) is 4.70. The number of nitrogens with zero attached hydrogens (tertiary/aromatic N) is 2. The highest BCUT2D eigenvalue weighted by molar-refractivity contribution is 6.13. The molecule has 1 heterocycles. The quantitative estimate of drug-likeness (QED) is 0.385. The molecule has 0 fully saturated rings. The summed E-state index contributed by atoms with van der Waals surface area (Å²) in [5.74, 6) is -1.43.